The molecule has 0 saturated heterocycles. The number of halogens is 1. The van der Waals surface area contributed by atoms with Crippen molar-refractivity contribution in [3.63, 3.8) is 0 Å². The molecule has 0 fully saturated rings. The Bertz CT molecular complexity index is 667. The van der Waals surface area contributed by atoms with E-state index in [2.05, 4.69) is 32.5 Å². The van der Waals surface area contributed by atoms with Gasteiger partial charge in [-0.1, -0.05) is 11.6 Å². The number of nitrogens with one attached hydrogen (secondary N) is 2. The second kappa shape index (κ2) is 10.2. The summed E-state index contributed by atoms with van der Waals surface area (Å²) >= 11 is 7.54. The van der Waals surface area contributed by atoms with Crippen molar-refractivity contribution in [1.29, 1.82) is 0 Å². The smallest absolute Gasteiger partial charge is 0.213 e. The number of rotatable bonds is 8. The summed E-state index contributed by atoms with van der Waals surface area (Å²) in [4.78, 5) is 14.5. The van der Waals surface area contributed by atoms with Gasteiger partial charge in [-0.3, -0.25) is 4.99 Å². The Labute approximate surface area is 157 Å². The minimum atomic E-state index is 0.490. The van der Waals surface area contributed by atoms with E-state index in [1.165, 1.54) is 4.88 Å². The summed E-state index contributed by atoms with van der Waals surface area (Å²) in [5.74, 6) is 1.34. The van der Waals surface area contributed by atoms with Gasteiger partial charge in [0.2, 0.25) is 5.88 Å². The molecule has 0 spiro atoms. The molecule has 0 amide bonds. The Morgan fingerprint density at radius 3 is 2.80 bits per heavy atom. The third-order valence-electron chi connectivity index (χ3n) is 3.36. The van der Waals surface area contributed by atoms with E-state index in [9.17, 15) is 0 Å². The van der Waals surface area contributed by atoms with Gasteiger partial charge >= 0.3 is 0 Å². The highest BCUT2D eigenvalue weighted by molar-refractivity contribution is 7.11. The van der Waals surface area contributed by atoms with Crippen LogP contribution >= 0.6 is 22.9 Å². The minimum absolute atomic E-state index is 0.490. The summed E-state index contributed by atoms with van der Waals surface area (Å²) in [6.07, 6.45) is 2.42. The average molecular weight is 382 g/mol. The summed E-state index contributed by atoms with van der Waals surface area (Å²) < 4.78 is 5.56. The van der Waals surface area contributed by atoms with Crippen LogP contribution in [0.25, 0.3) is 0 Å². The number of aromatic nitrogens is 2. The summed E-state index contributed by atoms with van der Waals surface area (Å²) in [7, 11) is 0. The predicted molar refractivity (Wildman–Crippen MR) is 104 cm³/mol. The number of nitrogens with zero attached hydrogens (tertiary/aromatic N) is 3. The lowest BCUT2D eigenvalue weighted by molar-refractivity contribution is 0.309. The Morgan fingerprint density at radius 1 is 1.32 bits per heavy atom. The molecule has 2 N–H and O–H groups in total. The van der Waals surface area contributed by atoms with Gasteiger partial charge in [0, 0.05) is 36.7 Å². The van der Waals surface area contributed by atoms with Gasteiger partial charge in [-0.2, -0.15) is 0 Å². The lowest BCUT2D eigenvalue weighted by Crippen LogP contribution is -2.39. The van der Waals surface area contributed by atoms with Crippen molar-refractivity contribution in [2.75, 3.05) is 26.2 Å². The van der Waals surface area contributed by atoms with Crippen molar-refractivity contribution in [3.8, 4) is 5.88 Å². The molecule has 0 saturated carbocycles. The molecule has 0 aliphatic heterocycles. The summed E-state index contributed by atoms with van der Waals surface area (Å²) in [6, 6.07) is 3.50. The van der Waals surface area contributed by atoms with Crippen molar-refractivity contribution >= 4 is 28.9 Å². The van der Waals surface area contributed by atoms with Gasteiger partial charge in [0.25, 0.3) is 0 Å². The Morgan fingerprint density at radius 2 is 2.16 bits per heavy atom. The van der Waals surface area contributed by atoms with E-state index in [-0.39, 0.29) is 0 Å². The van der Waals surface area contributed by atoms with E-state index in [1.807, 2.05) is 13.8 Å². The maximum absolute atomic E-state index is 5.79. The Balaban J connectivity index is 1.74. The Hall–Kier alpha value is -1.86. The minimum Gasteiger partial charge on any atom is -0.476 e. The fraction of sp³-hybridized carbons (Fsp3) is 0.471. The second-order valence-corrected chi connectivity index (χ2v) is 7.07. The van der Waals surface area contributed by atoms with Crippen molar-refractivity contribution in [2.45, 2.75) is 27.2 Å². The zero-order valence-corrected chi connectivity index (χ0v) is 16.4. The molecule has 25 heavy (non-hydrogen) atoms. The van der Waals surface area contributed by atoms with Gasteiger partial charge in [0.05, 0.1) is 22.3 Å². The van der Waals surface area contributed by atoms with Crippen LogP contribution in [0.15, 0.2) is 23.3 Å². The van der Waals surface area contributed by atoms with Crippen LogP contribution in [0.3, 0.4) is 0 Å². The maximum atomic E-state index is 5.79. The third kappa shape index (κ3) is 6.88. The third-order valence-corrected chi connectivity index (χ3v) is 4.71. The standard InChI is InChI=1S/C17H24ClN5OS/c1-4-19-17(20-8-7-16-23-12(2)13(3)25-16)21-9-10-24-15-6-5-14(18)11-22-15/h5-6,11H,4,7-10H2,1-3H3,(H2,19,20,21). The van der Waals surface area contributed by atoms with Gasteiger partial charge in [-0.05, 0) is 26.8 Å². The van der Waals surface area contributed by atoms with Crippen LogP contribution in [-0.4, -0.2) is 42.2 Å². The summed E-state index contributed by atoms with van der Waals surface area (Å²) in [6.45, 7) is 8.80. The normalized spacial score (nSPS) is 11.4. The quantitative estimate of drug-likeness (QED) is 0.418. The van der Waals surface area contributed by atoms with E-state index in [1.54, 1.807) is 29.7 Å². The fourth-order valence-corrected chi connectivity index (χ4v) is 3.06. The first-order valence-electron chi connectivity index (χ1n) is 8.28. The van der Waals surface area contributed by atoms with Crippen molar-refractivity contribution in [1.82, 2.24) is 20.6 Å². The monoisotopic (exact) mass is 381 g/mol. The van der Waals surface area contributed by atoms with Crippen molar-refractivity contribution < 1.29 is 4.74 Å². The first-order chi connectivity index (χ1) is 12.1. The molecule has 0 radical (unpaired) electrons. The SMILES string of the molecule is CCNC(=NCCc1nc(C)c(C)s1)NCCOc1ccc(Cl)cn1. The predicted octanol–water partition coefficient (Wildman–Crippen LogP) is 2.98. The Kier molecular flexibility index (Phi) is 7.94. The highest BCUT2D eigenvalue weighted by Gasteiger charge is 2.03. The molecule has 0 atom stereocenters. The van der Waals surface area contributed by atoms with Crippen LogP contribution in [0.5, 0.6) is 5.88 Å². The summed E-state index contributed by atoms with van der Waals surface area (Å²) in [5.41, 5.74) is 1.11. The number of hydrogen-bond donors (Lipinski definition) is 2. The van der Waals surface area contributed by atoms with Crippen LogP contribution < -0.4 is 15.4 Å². The molecule has 6 nitrogen and oxygen atoms in total. The van der Waals surface area contributed by atoms with Gasteiger partial charge < -0.3 is 15.4 Å². The van der Waals surface area contributed by atoms with E-state index in [4.69, 9.17) is 16.3 Å². The van der Waals surface area contributed by atoms with Gasteiger partial charge in [0.15, 0.2) is 5.96 Å². The largest absolute Gasteiger partial charge is 0.476 e. The van der Waals surface area contributed by atoms with Crippen LogP contribution in [0.2, 0.25) is 5.02 Å². The molecule has 0 bridgehead atoms. The van der Waals surface area contributed by atoms with Gasteiger partial charge in [-0.25, -0.2) is 9.97 Å². The number of ether oxygens (including phenoxy) is 1. The van der Waals surface area contributed by atoms with Crippen LogP contribution in [0.1, 0.15) is 22.5 Å². The van der Waals surface area contributed by atoms with Crippen LogP contribution in [0, 0.1) is 13.8 Å². The number of thiazole rings is 1. The number of guanidine groups is 1. The first kappa shape index (κ1) is 19.5. The lowest BCUT2D eigenvalue weighted by Gasteiger charge is -2.11. The van der Waals surface area contributed by atoms with Gasteiger partial charge in [0.1, 0.15) is 6.61 Å². The molecule has 0 unspecified atom stereocenters. The van der Waals surface area contributed by atoms with E-state index in [0.717, 1.165) is 29.6 Å². The molecule has 2 heterocycles. The number of aryl methyl sites for hydroxylation is 2. The van der Waals surface area contributed by atoms with E-state index < -0.39 is 0 Å². The molecule has 2 aromatic heterocycles. The zero-order chi connectivity index (χ0) is 18.1. The molecule has 0 aromatic carbocycles. The van der Waals surface area contributed by atoms with Crippen molar-refractivity contribution in [3.05, 3.63) is 38.9 Å². The number of aliphatic imine (C=N–C) groups is 1. The highest BCUT2D eigenvalue weighted by atomic mass is 35.5. The average Bonchev–Trinajstić information content (AvgIpc) is 2.91. The molecular weight excluding hydrogens is 358 g/mol. The molecular formula is C17H24ClN5OS. The van der Waals surface area contributed by atoms with Crippen molar-refractivity contribution in [2.24, 2.45) is 4.99 Å². The van der Waals surface area contributed by atoms with Gasteiger partial charge in [-0.15, -0.1) is 11.3 Å². The number of pyridine rings is 1. The molecule has 2 rings (SSSR count). The van der Waals surface area contributed by atoms with E-state index >= 15 is 0 Å². The zero-order valence-electron chi connectivity index (χ0n) is 14.8. The molecule has 2 aromatic rings. The van der Waals surface area contributed by atoms with Crippen LogP contribution in [-0.2, 0) is 6.42 Å². The number of hydrogen-bond acceptors (Lipinski definition) is 5. The molecule has 8 heteroatoms. The molecule has 0 aliphatic carbocycles. The van der Waals surface area contributed by atoms with Crippen LogP contribution in [0.4, 0.5) is 0 Å². The maximum Gasteiger partial charge on any atom is 0.213 e. The highest BCUT2D eigenvalue weighted by Crippen LogP contribution is 2.16. The summed E-state index contributed by atoms with van der Waals surface area (Å²) in [5, 5.41) is 8.20. The topological polar surface area (TPSA) is 71.4 Å². The fourth-order valence-electron chi connectivity index (χ4n) is 2.02. The van der Waals surface area contributed by atoms with E-state index in [0.29, 0.717) is 30.6 Å². The molecule has 0 aliphatic rings. The lowest BCUT2D eigenvalue weighted by atomic mass is 10.4. The second-order valence-electron chi connectivity index (χ2n) is 5.35. The first-order valence-corrected chi connectivity index (χ1v) is 9.47. The molecule has 136 valence electrons.